The van der Waals surface area contributed by atoms with Crippen molar-refractivity contribution in [2.45, 2.75) is 6.92 Å². The molecule has 4 heteroatoms. The summed E-state index contributed by atoms with van der Waals surface area (Å²) in [5.74, 6) is -0.414. The Labute approximate surface area is 97.1 Å². The highest BCUT2D eigenvalue weighted by atomic mass is 16.4. The second-order valence-corrected chi connectivity index (χ2v) is 3.86. The van der Waals surface area contributed by atoms with Crippen LogP contribution >= 0.6 is 0 Å². The molecule has 0 aliphatic rings. The fourth-order valence-corrected chi connectivity index (χ4v) is 1.78. The van der Waals surface area contributed by atoms with Gasteiger partial charge >= 0.3 is 5.76 Å². The van der Waals surface area contributed by atoms with Gasteiger partial charge in [-0.15, -0.1) is 0 Å². The third kappa shape index (κ3) is 1.54. The van der Waals surface area contributed by atoms with E-state index in [1.807, 2.05) is 31.2 Å². The molecule has 0 saturated heterocycles. The Balaban J connectivity index is 2.33. The van der Waals surface area contributed by atoms with Crippen molar-refractivity contribution in [3.05, 3.63) is 58.7 Å². The zero-order chi connectivity index (χ0) is 11.8. The first-order chi connectivity index (χ1) is 8.25. The standard InChI is InChI=1S/C13H10N2O2/c1-9-4-6-10(7-5-9)15-12-11(17-13(15)16)3-2-8-14-12/h2-8H,1H3. The third-order valence-corrected chi connectivity index (χ3v) is 2.63. The molecule has 3 aromatic rings. The quantitative estimate of drug-likeness (QED) is 0.639. The molecule has 0 atom stereocenters. The molecule has 0 N–H and O–H groups in total. The molecule has 4 nitrogen and oxygen atoms in total. The lowest BCUT2D eigenvalue weighted by molar-refractivity contribution is 0.540. The molecule has 2 heterocycles. The molecule has 1 aromatic carbocycles. The van der Waals surface area contributed by atoms with Crippen LogP contribution in [0.5, 0.6) is 0 Å². The molecule has 17 heavy (non-hydrogen) atoms. The van der Waals surface area contributed by atoms with Gasteiger partial charge in [0.1, 0.15) is 0 Å². The Bertz CT molecular complexity index is 723. The van der Waals surface area contributed by atoms with Crippen molar-refractivity contribution < 1.29 is 4.42 Å². The van der Waals surface area contributed by atoms with Gasteiger partial charge in [0.25, 0.3) is 0 Å². The van der Waals surface area contributed by atoms with Crippen molar-refractivity contribution in [2.75, 3.05) is 0 Å². The Morgan fingerprint density at radius 1 is 1.18 bits per heavy atom. The normalized spacial score (nSPS) is 10.9. The molecule has 0 radical (unpaired) electrons. The van der Waals surface area contributed by atoms with Gasteiger partial charge in [-0.25, -0.2) is 14.3 Å². The fourth-order valence-electron chi connectivity index (χ4n) is 1.78. The van der Waals surface area contributed by atoms with E-state index in [1.54, 1.807) is 18.3 Å². The van der Waals surface area contributed by atoms with Crippen molar-refractivity contribution >= 4 is 11.2 Å². The predicted molar refractivity (Wildman–Crippen MR) is 64.3 cm³/mol. The van der Waals surface area contributed by atoms with Crippen molar-refractivity contribution in [3.8, 4) is 5.69 Å². The third-order valence-electron chi connectivity index (χ3n) is 2.63. The van der Waals surface area contributed by atoms with Crippen LogP contribution in [0, 0.1) is 6.92 Å². The van der Waals surface area contributed by atoms with E-state index in [0.717, 1.165) is 11.3 Å². The van der Waals surface area contributed by atoms with E-state index < -0.39 is 5.76 Å². The maximum absolute atomic E-state index is 11.8. The largest absolute Gasteiger partial charge is 0.425 e. The zero-order valence-electron chi connectivity index (χ0n) is 9.25. The summed E-state index contributed by atoms with van der Waals surface area (Å²) in [6.07, 6.45) is 1.64. The highest BCUT2D eigenvalue weighted by molar-refractivity contribution is 5.69. The van der Waals surface area contributed by atoms with E-state index in [4.69, 9.17) is 4.42 Å². The lowest BCUT2D eigenvalue weighted by Gasteiger charge is -2.01. The number of fused-ring (bicyclic) bond motifs is 1. The number of hydrogen-bond acceptors (Lipinski definition) is 3. The molecule has 0 aliphatic carbocycles. The van der Waals surface area contributed by atoms with Crippen molar-refractivity contribution in [2.24, 2.45) is 0 Å². The minimum absolute atomic E-state index is 0.414. The van der Waals surface area contributed by atoms with Crippen molar-refractivity contribution in [1.29, 1.82) is 0 Å². The molecular weight excluding hydrogens is 216 g/mol. The maximum Gasteiger partial charge on any atom is 0.425 e. The van der Waals surface area contributed by atoms with Crippen molar-refractivity contribution in [1.82, 2.24) is 9.55 Å². The number of aromatic nitrogens is 2. The van der Waals surface area contributed by atoms with Crippen molar-refractivity contribution in [3.63, 3.8) is 0 Å². The van der Waals surface area contributed by atoms with Crippen LogP contribution in [-0.4, -0.2) is 9.55 Å². The predicted octanol–water partition coefficient (Wildman–Crippen LogP) is 2.29. The van der Waals surface area contributed by atoms with Crippen LogP contribution in [-0.2, 0) is 0 Å². The highest BCUT2D eigenvalue weighted by Crippen LogP contribution is 2.15. The summed E-state index contributed by atoms with van der Waals surface area (Å²) in [6.45, 7) is 2.00. The van der Waals surface area contributed by atoms with Gasteiger partial charge in [-0.1, -0.05) is 17.7 Å². The van der Waals surface area contributed by atoms with Crippen LogP contribution in [0.25, 0.3) is 16.9 Å². The lowest BCUT2D eigenvalue weighted by atomic mass is 10.2. The molecule has 3 rings (SSSR count). The SMILES string of the molecule is Cc1ccc(-n2c(=O)oc3cccnc32)cc1. The van der Waals surface area contributed by atoms with Gasteiger partial charge in [-0.05, 0) is 31.2 Å². The van der Waals surface area contributed by atoms with Crippen LogP contribution in [0.2, 0.25) is 0 Å². The van der Waals surface area contributed by atoms with Gasteiger partial charge in [0, 0.05) is 6.20 Å². The van der Waals surface area contributed by atoms with E-state index >= 15 is 0 Å². The second kappa shape index (κ2) is 3.59. The maximum atomic E-state index is 11.8. The summed E-state index contributed by atoms with van der Waals surface area (Å²) in [5, 5.41) is 0. The fraction of sp³-hybridized carbons (Fsp3) is 0.0769. The molecular formula is C13H10N2O2. The van der Waals surface area contributed by atoms with E-state index in [2.05, 4.69) is 4.98 Å². The minimum Gasteiger partial charge on any atom is -0.406 e. The summed E-state index contributed by atoms with van der Waals surface area (Å²) in [6, 6.07) is 11.1. The van der Waals surface area contributed by atoms with Crippen LogP contribution in [0.3, 0.4) is 0 Å². The van der Waals surface area contributed by atoms with Gasteiger partial charge in [0.05, 0.1) is 5.69 Å². The van der Waals surface area contributed by atoms with Gasteiger partial charge in [-0.3, -0.25) is 0 Å². The highest BCUT2D eigenvalue weighted by Gasteiger charge is 2.10. The Morgan fingerprint density at radius 3 is 2.71 bits per heavy atom. The lowest BCUT2D eigenvalue weighted by Crippen LogP contribution is -2.12. The number of hydrogen-bond donors (Lipinski definition) is 0. The van der Waals surface area contributed by atoms with E-state index in [-0.39, 0.29) is 0 Å². The average Bonchev–Trinajstić information content (AvgIpc) is 2.66. The first kappa shape index (κ1) is 9.84. The van der Waals surface area contributed by atoms with Crippen LogP contribution in [0.15, 0.2) is 51.8 Å². The summed E-state index contributed by atoms with van der Waals surface area (Å²) in [7, 11) is 0. The number of rotatable bonds is 1. The molecule has 0 bridgehead atoms. The molecule has 0 saturated carbocycles. The van der Waals surface area contributed by atoms with E-state index in [1.165, 1.54) is 4.57 Å². The number of pyridine rings is 1. The van der Waals surface area contributed by atoms with Gasteiger partial charge in [0.2, 0.25) is 0 Å². The Morgan fingerprint density at radius 2 is 1.94 bits per heavy atom. The topological polar surface area (TPSA) is 48.0 Å². The molecule has 0 amide bonds. The number of aryl methyl sites for hydroxylation is 1. The molecule has 0 spiro atoms. The summed E-state index contributed by atoms with van der Waals surface area (Å²) < 4.78 is 6.60. The monoisotopic (exact) mass is 226 g/mol. The molecule has 84 valence electrons. The van der Waals surface area contributed by atoms with Crippen LogP contribution in [0.4, 0.5) is 0 Å². The van der Waals surface area contributed by atoms with Crippen LogP contribution in [0.1, 0.15) is 5.56 Å². The summed E-state index contributed by atoms with van der Waals surface area (Å²) in [5.41, 5.74) is 2.94. The minimum atomic E-state index is -0.414. The zero-order valence-corrected chi connectivity index (χ0v) is 9.25. The Kier molecular flexibility index (Phi) is 2.08. The molecule has 0 unspecified atom stereocenters. The molecule has 2 aromatic heterocycles. The second-order valence-electron chi connectivity index (χ2n) is 3.86. The number of oxazole rings is 1. The summed E-state index contributed by atoms with van der Waals surface area (Å²) in [4.78, 5) is 16.0. The van der Waals surface area contributed by atoms with Gasteiger partial charge in [0.15, 0.2) is 11.2 Å². The van der Waals surface area contributed by atoms with E-state index in [0.29, 0.717) is 11.2 Å². The smallest absolute Gasteiger partial charge is 0.406 e. The van der Waals surface area contributed by atoms with Gasteiger partial charge in [-0.2, -0.15) is 0 Å². The molecule has 0 aliphatic heterocycles. The number of nitrogens with zero attached hydrogens (tertiary/aromatic N) is 2. The molecule has 0 fully saturated rings. The van der Waals surface area contributed by atoms with Crippen LogP contribution < -0.4 is 5.76 Å². The average molecular weight is 226 g/mol. The number of benzene rings is 1. The summed E-state index contributed by atoms with van der Waals surface area (Å²) >= 11 is 0. The van der Waals surface area contributed by atoms with E-state index in [9.17, 15) is 4.79 Å². The Hall–Kier alpha value is -2.36. The van der Waals surface area contributed by atoms with Gasteiger partial charge < -0.3 is 4.42 Å². The first-order valence-corrected chi connectivity index (χ1v) is 5.29. The first-order valence-electron chi connectivity index (χ1n) is 5.29.